The molecule has 0 aliphatic rings. The third-order valence-corrected chi connectivity index (χ3v) is 4.64. The lowest BCUT2D eigenvalue weighted by Gasteiger charge is -2.14. The number of nitrogens with one attached hydrogen (secondary N) is 2. The van der Waals surface area contributed by atoms with E-state index in [0.717, 1.165) is 87.1 Å². The number of allylic oxidation sites excluding steroid dienone is 4. The molecule has 10 heteroatoms. The highest BCUT2D eigenvalue weighted by atomic mass is 16.2. The highest BCUT2D eigenvalue weighted by Crippen LogP contribution is 2.07. The van der Waals surface area contributed by atoms with Crippen LogP contribution < -0.4 is 34.2 Å². The molecule has 0 saturated heterocycles. The van der Waals surface area contributed by atoms with Gasteiger partial charge in [-0.15, -0.1) is 0 Å². The largest absolute Gasteiger partial charge is 0.345 e. The van der Waals surface area contributed by atoms with Gasteiger partial charge in [-0.1, -0.05) is 50.0 Å². The molecule has 10 N–H and O–H groups in total. The minimum Gasteiger partial charge on any atom is -0.275 e. The van der Waals surface area contributed by atoms with Gasteiger partial charge in [-0.3, -0.25) is 20.9 Å². The fourth-order valence-corrected chi connectivity index (χ4v) is 2.83. The maximum atomic E-state index is 11.1. The van der Waals surface area contributed by atoms with Crippen LogP contribution in [0.1, 0.15) is 77.0 Å². The van der Waals surface area contributed by atoms with Gasteiger partial charge in [-0.2, -0.15) is 0 Å². The molecule has 4 amide bonds. The minimum atomic E-state index is -0.457. The highest BCUT2D eigenvalue weighted by Gasteiger charge is 2.05. The summed E-state index contributed by atoms with van der Waals surface area (Å²) < 4.78 is 0. The Hall–Kier alpha value is -2.14. The third-order valence-electron chi connectivity index (χ3n) is 4.64. The lowest BCUT2D eigenvalue weighted by molar-refractivity contribution is 0.197. The molecule has 0 unspecified atom stereocenters. The average molecular weight is 427 g/mol. The minimum absolute atomic E-state index is 0.457. The smallest absolute Gasteiger partial charge is 0.275 e. The summed E-state index contributed by atoms with van der Waals surface area (Å²) in [6.07, 6.45) is 21.7. The van der Waals surface area contributed by atoms with Crippen molar-refractivity contribution in [2.75, 3.05) is 13.1 Å². The van der Waals surface area contributed by atoms with Crippen LogP contribution in [-0.2, 0) is 0 Å². The van der Waals surface area contributed by atoms with E-state index in [1.165, 1.54) is 0 Å². The number of hydrazine groups is 4. The lowest BCUT2D eigenvalue weighted by atomic mass is 10.1. The van der Waals surface area contributed by atoms with E-state index in [1.807, 2.05) is 10.9 Å². The first-order valence-electron chi connectivity index (χ1n) is 10.9. The summed E-state index contributed by atoms with van der Waals surface area (Å²) in [6, 6.07) is -0.914. The van der Waals surface area contributed by atoms with Crippen molar-refractivity contribution >= 4 is 12.1 Å². The molecule has 0 heterocycles. The van der Waals surface area contributed by atoms with E-state index in [4.69, 9.17) is 23.4 Å². The molecule has 0 spiro atoms. The number of hydrogen-bond acceptors (Lipinski definition) is 6. The average Bonchev–Trinajstić information content (AvgIpc) is 2.76. The Morgan fingerprint density at radius 2 is 0.900 bits per heavy atom. The Kier molecular flexibility index (Phi) is 18.7. The van der Waals surface area contributed by atoms with Crippen molar-refractivity contribution in [3.05, 3.63) is 24.3 Å². The van der Waals surface area contributed by atoms with E-state index in [2.05, 4.69) is 24.3 Å². The first kappa shape index (κ1) is 27.9. The Balaban J connectivity index is 3.37. The summed E-state index contributed by atoms with van der Waals surface area (Å²) in [5.74, 6) is 21.1. The van der Waals surface area contributed by atoms with E-state index >= 15 is 0 Å². The molecular weight excluding hydrogens is 384 g/mol. The summed E-state index contributed by atoms with van der Waals surface area (Å²) in [5.41, 5.74) is 4.02. The Bertz CT molecular complexity index is 455. The highest BCUT2D eigenvalue weighted by molar-refractivity contribution is 5.72. The number of nitrogens with two attached hydrogens (primary N) is 4. The number of hydrogen-bond donors (Lipinski definition) is 6. The normalized spacial score (nSPS) is 11.2. The van der Waals surface area contributed by atoms with Crippen LogP contribution >= 0.6 is 0 Å². The van der Waals surface area contributed by atoms with Gasteiger partial charge < -0.3 is 0 Å². The van der Waals surface area contributed by atoms with Crippen molar-refractivity contribution in [1.29, 1.82) is 0 Å². The fourth-order valence-electron chi connectivity index (χ4n) is 2.83. The number of urea groups is 2. The fraction of sp³-hybridized carbons (Fsp3) is 0.700. The molecule has 0 fully saturated rings. The molecule has 0 aliphatic carbocycles. The van der Waals surface area contributed by atoms with Gasteiger partial charge in [0.15, 0.2) is 0 Å². The van der Waals surface area contributed by atoms with Gasteiger partial charge >= 0.3 is 12.1 Å². The number of unbranched alkanes of at least 4 members (excludes halogenated alkanes) is 9. The molecule has 30 heavy (non-hydrogen) atoms. The molecule has 174 valence electrons. The summed E-state index contributed by atoms with van der Waals surface area (Å²) in [6.45, 7) is 1.04. The van der Waals surface area contributed by atoms with Crippen molar-refractivity contribution in [2.24, 2.45) is 23.4 Å². The number of rotatable bonds is 17. The number of carbonyl (C=O) groups excluding carboxylic acids is 2. The van der Waals surface area contributed by atoms with Crippen LogP contribution in [0.3, 0.4) is 0 Å². The lowest BCUT2D eigenvalue weighted by Crippen LogP contribution is -2.47. The molecule has 10 nitrogen and oxygen atoms in total. The van der Waals surface area contributed by atoms with E-state index < -0.39 is 12.1 Å². The van der Waals surface area contributed by atoms with Gasteiger partial charge in [0.05, 0.1) is 0 Å². The zero-order valence-electron chi connectivity index (χ0n) is 18.2. The maximum absolute atomic E-state index is 11.1. The van der Waals surface area contributed by atoms with Crippen LogP contribution in [0.5, 0.6) is 0 Å². The SMILES string of the molecule is NNC(=O)N(N)CCCCCCC=CCCC=CCCCCCCN(N)C(=O)NN. The summed E-state index contributed by atoms with van der Waals surface area (Å²) >= 11 is 0. The van der Waals surface area contributed by atoms with Crippen LogP contribution in [0.4, 0.5) is 9.59 Å². The molecular formula is C20H42N8O2. The van der Waals surface area contributed by atoms with E-state index in [0.29, 0.717) is 13.1 Å². The van der Waals surface area contributed by atoms with Gasteiger partial charge in [-0.05, 0) is 51.4 Å². The molecule has 0 rings (SSSR count). The van der Waals surface area contributed by atoms with E-state index in [9.17, 15) is 9.59 Å². The van der Waals surface area contributed by atoms with E-state index in [1.54, 1.807) is 0 Å². The molecule has 0 aliphatic heterocycles. The standard InChI is InChI=1S/C20H42N8O2/c21-25-19(29)27(23)17-15-13-11-9-7-5-3-1-2-4-6-8-10-12-14-16-18-28(24)20(30)26-22/h3-6H,1-2,7-18,21-24H2,(H,25,29)(H,26,30). The van der Waals surface area contributed by atoms with Crippen molar-refractivity contribution < 1.29 is 9.59 Å². The maximum Gasteiger partial charge on any atom is 0.345 e. The van der Waals surface area contributed by atoms with Gasteiger partial charge in [-0.25, -0.2) is 33.0 Å². The molecule has 0 bridgehead atoms. The van der Waals surface area contributed by atoms with Crippen LogP contribution in [0.15, 0.2) is 24.3 Å². The summed E-state index contributed by atoms with van der Waals surface area (Å²) in [4.78, 5) is 22.2. The van der Waals surface area contributed by atoms with Crippen LogP contribution in [-0.4, -0.2) is 35.2 Å². The van der Waals surface area contributed by atoms with Gasteiger partial charge in [0.25, 0.3) is 0 Å². The van der Waals surface area contributed by atoms with Gasteiger partial charge in [0.2, 0.25) is 0 Å². The molecule has 0 aromatic heterocycles. The zero-order chi connectivity index (χ0) is 22.5. The zero-order valence-corrected chi connectivity index (χ0v) is 18.2. The predicted molar refractivity (Wildman–Crippen MR) is 121 cm³/mol. The van der Waals surface area contributed by atoms with Crippen LogP contribution in [0.25, 0.3) is 0 Å². The second-order valence-corrected chi connectivity index (χ2v) is 7.21. The van der Waals surface area contributed by atoms with Gasteiger partial charge in [0.1, 0.15) is 0 Å². The van der Waals surface area contributed by atoms with Crippen molar-refractivity contribution in [1.82, 2.24) is 20.9 Å². The first-order chi connectivity index (χ1) is 14.5. The van der Waals surface area contributed by atoms with Crippen molar-refractivity contribution in [3.63, 3.8) is 0 Å². The molecule has 0 radical (unpaired) electrons. The second-order valence-electron chi connectivity index (χ2n) is 7.21. The first-order valence-corrected chi connectivity index (χ1v) is 10.9. The number of amides is 4. The van der Waals surface area contributed by atoms with Crippen LogP contribution in [0.2, 0.25) is 0 Å². The Morgan fingerprint density at radius 1 is 0.567 bits per heavy atom. The summed E-state index contributed by atoms with van der Waals surface area (Å²) in [7, 11) is 0. The van der Waals surface area contributed by atoms with E-state index in [-0.39, 0.29) is 0 Å². The monoisotopic (exact) mass is 426 g/mol. The summed E-state index contributed by atoms with van der Waals surface area (Å²) in [5, 5.41) is 2.21. The second kappa shape index (κ2) is 20.1. The molecule has 0 saturated carbocycles. The molecule has 0 atom stereocenters. The Labute approximate surface area is 180 Å². The topological polar surface area (TPSA) is 169 Å². The third kappa shape index (κ3) is 16.8. The molecule has 0 aromatic carbocycles. The van der Waals surface area contributed by atoms with Crippen LogP contribution in [0, 0.1) is 0 Å². The molecule has 0 aromatic rings. The number of carbonyl (C=O) groups is 2. The van der Waals surface area contributed by atoms with Gasteiger partial charge in [0, 0.05) is 13.1 Å². The van der Waals surface area contributed by atoms with Crippen molar-refractivity contribution in [3.8, 4) is 0 Å². The van der Waals surface area contributed by atoms with Crippen molar-refractivity contribution in [2.45, 2.75) is 77.0 Å². The predicted octanol–water partition coefficient (Wildman–Crippen LogP) is 2.30. The number of nitrogens with zero attached hydrogens (tertiary/aromatic N) is 2. The Morgan fingerprint density at radius 3 is 1.27 bits per heavy atom. The quantitative estimate of drug-likeness (QED) is 0.0685.